The molecule has 1 fully saturated rings. The van der Waals surface area contributed by atoms with Crippen LogP contribution in [0.3, 0.4) is 0 Å². The molecule has 0 bridgehead atoms. The maximum atomic E-state index is 13.0. The molecule has 1 saturated heterocycles. The summed E-state index contributed by atoms with van der Waals surface area (Å²) in [6.45, 7) is 2.37. The Balaban J connectivity index is 1.28. The molecule has 0 aliphatic carbocycles. The topological polar surface area (TPSA) is 62.3 Å². The number of hydrogen-bond donors (Lipinski definition) is 1. The fourth-order valence-corrected chi connectivity index (χ4v) is 5.02. The number of nitrogens with zero attached hydrogens (tertiary/aromatic N) is 2. The highest BCUT2D eigenvalue weighted by atomic mass is 35.5. The second-order valence-corrected chi connectivity index (χ2v) is 9.65. The Kier molecular flexibility index (Phi) is 6.18. The van der Waals surface area contributed by atoms with E-state index >= 15 is 0 Å². The second-order valence-electron chi connectivity index (χ2n) is 8.36. The third kappa shape index (κ3) is 4.74. The van der Waals surface area contributed by atoms with E-state index in [1.54, 1.807) is 16.2 Å². The van der Waals surface area contributed by atoms with Gasteiger partial charge in [0.05, 0.1) is 11.6 Å². The van der Waals surface area contributed by atoms with Gasteiger partial charge in [-0.25, -0.2) is 4.98 Å². The molecule has 2 amide bonds. The maximum Gasteiger partial charge on any atom is 0.229 e. The lowest BCUT2D eigenvalue weighted by molar-refractivity contribution is -0.122. The highest BCUT2D eigenvalue weighted by Crippen LogP contribution is 2.31. The van der Waals surface area contributed by atoms with Gasteiger partial charge in [0.1, 0.15) is 5.01 Å². The monoisotopic (exact) mass is 487 g/mol. The molecule has 1 aliphatic rings. The Hall–Kier alpha value is -3.48. The summed E-state index contributed by atoms with van der Waals surface area (Å²) >= 11 is 7.55. The van der Waals surface area contributed by atoms with Crippen molar-refractivity contribution in [1.82, 2.24) is 4.98 Å². The predicted octanol–water partition coefficient (Wildman–Crippen LogP) is 6.43. The smallest absolute Gasteiger partial charge is 0.229 e. The van der Waals surface area contributed by atoms with Crippen LogP contribution in [0.15, 0.2) is 78.2 Å². The summed E-state index contributed by atoms with van der Waals surface area (Å²) in [6.07, 6.45) is 0.204. The molecule has 1 N–H and O–H groups in total. The number of rotatable bonds is 5. The van der Waals surface area contributed by atoms with Gasteiger partial charge in [0, 0.05) is 45.9 Å². The molecule has 34 heavy (non-hydrogen) atoms. The number of nitrogens with one attached hydrogen (secondary N) is 1. The van der Waals surface area contributed by atoms with Crippen LogP contribution in [0.4, 0.5) is 11.4 Å². The highest BCUT2D eigenvalue weighted by molar-refractivity contribution is 7.13. The van der Waals surface area contributed by atoms with E-state index in [0.29, 0.717) is 17.3 Å². The number of carbonyl (C=O) groups excluding carboxylic acids is 2. The third-order valence-corrected chi connectivity index (χ3v) is 6.97. The number of thiazole rings is 1. The minimum atomic E-state index is -0.396. The SMILES string of the molecule is Cc1cccc(N2CC(C(=O)Nc3cccc(-c4csc(-c5ccc(Cl)cc5)n4)c3)CC2=O)c1. The zero-order valence-electron chi connectivity index (χ0n) is 18.5. The molecule has 7 heteroatoms. The zero-order chi connectivity index (χ0) is 23.7. The lowest BCUT2D eigenvalue weighted by Crippen LogP contribution is -2.28. The standard InChI is InChI=1S/C27H22ClN3O2S/c1-17-4-2-7-23(12-17)31-15-20(14-25(31)32)26(33)29-22-6-3-5-19(13-22)24-16-34-27(30-24)18-8-10-21(28)11-9-18/h2-13,16,20H,14-15H2,1H3,(H,29,33). The summed E-state index contributed by atoms with van der Waals surface area (Å²) in [5.41, 5.74) is 5.36. The summed E-state index contributed by atoms with van der Waals surface area (Å²) in [5.74, 6) is -0.579. The van der Waals surface area contributed by atoms with Crippen molar-refractivity contribution < 1.29 is 9.59 Å². The highest BCUT2D eigenvalue weighted by Gasteiger charge is 2.35. The van der Waals surface area contributed by atoms with Crippen LogP contribution >= 0.6 is 22.9 Å². The van der Waals surface area contributed by atoms with Crippen LogP contribution in [0, 0.1) is 12.8 Å². The van der Waals surface area contributed by atoms with E-state index in [1.165, 1.54) is 0 Å². The number of amides is 2. The molecule has 4 aromatic rings. The van der Waals surface area contributed by atoms with Crippen molar-refractivity contribution in [2.45, 2.75) is 13.3 Å². The second kappa shape index (κ2) is 9.41. The first-order chi connectivity index (χ1) is 16.5. The molecular weight excluding hydrogens is 466 g/mol. The van der Waals surface area contributed by atoms with E-state index in [-0.39, 0.29) is 18.2 Å². The molecule has 0 spiro atoms. The van der Waals surface area contributed by atoms with Crippen molar-refractivity contribution in [1.29, 1.82) is 0 Å². The van der Waals surface area contributed by atoms with Gasteiger partial charge in [0.15, 0.2) is 0 Å². The number of benzene rings is 3. The van der Waals surface area contributed by atoms with E-state index in [2.05, 4.69) is 5.32 Å². The Morgan fingerprint density at radius 1 is 1.06 bits per heavy atom. The summed E-state index contributed by atoms with van der Waals surface area (Å²) in [6, 6.07) is 23.0. The Morgan fingerprint density at radius 3 is 2.65 bits per heavy atom. The third-order valence-electron chi connectivity index (χ3n) is 5.83. The molecule has 5 rings (SSSR count). The number of carbonyl (C=O) groups is 2. The van der Waals surface area contributed by atoms with Crippen molar-refractivity contribution in [3.05, 3.63) is 88.8 Å². The minimum Gasteiger partial charge on any atom is -0.326 e. The molecule has 0 radical (unpaired) electrons. The number of aryl methyl sites for hydroxylation is 1. The van der Waals surface area contributed by atoms with E-state index in [9.17, 15) is 9.59 Å². The lowest BCUT2D eigenvalue weighted by Gasteiger charge is -2.17. The Bertz CT molecular complexity index is 1370. The van der Waals surface area contributed by atoms with Gasteiger partial charge in [-0.3, -0.25) is 9.59 Å². The van der Waals surface area contributed by atoms with E-state index in [4.69, 9.17) is 16.6 Å². The van der Waals surface area contributed by atoms with Crippen molar-refractivity contribution in [2.75, 3.05) is 16.8 Å². The van der Waals surface area contributed by atoms with Gasteiger partial charge in [-0.05, 0) is 48.9 Å². The van der Waals surface area contributed by atoms with E-state index in [0.717, 1.165) is 33.1 Å². The van der Waals surface area contributed by atoms with Crippen molar-refractivity contribution in [3.8, 4) is 21.8 Å². The van der Waals surface area contributed by atoms with E-state index < -0.39 is 5.92 Å². The van der Waals surface area contributed by atoms with Gasteiger partial charge in [0.25, 0.3) is 0 Å². The maximum absolute atomic E-state index is 13.0. The quantitative estimate of drug-likeness (QED) is 0.353. The fourth-order valence-electron chi connectivity index (χ4n) is 4.06. The molecule has 5 nitrogen and oxygen atoms in total. The molecular formula is C27H22ClN3O2S. The summed E-state index contributed by atoms with van der Waals surface area (Å²) < 4.78 is 0. The molecule has 1 aromatic heterocycles. The van der Waals surface area contributed by atoms with Gasteiger partial charge in [-0.2, -0.15) is 0 Å². The summed E-state index contributed by atoms with van der Waals surface area (Å²) in [4.78, 5) is 32.0. The van der Waals surface area contributed by atoms with Crippen LogP contribution in [0.25, 0.3) is 21.8 Å². The van der Waals surface area contributed by atoms with Crippen LogP contribution < -0.4 is 10.2 Å². The van der Waals surface area contributed by atoms with Crippen LogP contribution in [-0.2, 0) is 9.59 Å². The average molecular weight is 488 g/mol. The molecule has 1 unspecified atom stereocenters. The van der Waals surface area contributed by atoms with Gasteiger partial charge in [0.2, 0.25) is 11.8 Å². The van der Waals surface area contributed by atoms with Crippen molar-refractivity contribution in [2.24, 2.45) is 5.92 Å². The largest absolute Gasteiger partial charge is 0.326 e. The predicted molar refractivity (Wildman–Crippen MR) is 138 cm³/mol. The van der Waals surface area contributed by atoms with E-state index in [1.807, 2.05) is 85.1 Å². The number of anilines is 2. The number of aromatic nitrogens is 1. The first-order valence-electron chi connectivity index (χ1n) is 11.0. The van der Waals surface area contributed by atoms with Gasteiger partial charge in [-0.1, -0.05) is 48.0 Å². The van der Waals surface area contributed by atoms with Crippen molar-refractivity contribution >= 4 is 46.1 Å². The summed E-state index contributed by atoms with van der Waals surface area (Å²) in [5, 5.41) is 6.58. The molecule has 1 atom stereocenters. The fraction of sp³-hybridized carbons (Fsp3) is 0.148. The number of hydrogen-bond acceptors (Lipinski definition) is 4. The normalized spacial score (nSPS) is 15.5. The van der Waals surface area contributed by atoms with Crippen LogP contribution in [0.1, 0.15) is 12.0 Å². The average Bonchev–Trinajstić information content (AvgIpc) is 3.47. The Morgan fingerprint density at radius 2 is 1.85 bits per heavy atom. The summed E-state index contributed by atoms with van der Waals surface area (Å²) in [7, 11) is 0. The van der Waals surface area contributed by atoms with Crippen LogP contribution in [-0.4, -0.2) is 23.3 Å². The zero-order valence-corrected chi connectivity index (χ0v) is 20.1. The van der Waals surface area contributed by atoms with Crippen LogP contribution in [0.5, 0.6) is 0 Å². The van der Waals surface area contributed by atoms with Gasteiger partial charge < -0.3 is 10.2 Å². The molecule has 170 valence electrons. The first-order valence-corrected chi connectivity index (χ1v) is 12.2. The molecule has 0 saturated carbocycles. The van der Waals surface area contributed by atoms with Gasteiger partial charge >= 0.3 is 0 Å². The first kappa shape index (κ1) is 22.3. The van der Waals surface area contributed by atoms with Crippen LogP contribution in [0.2, 0.25) is 5.02 Å². The number of halogens is 1. The molecule has 1 aliphatic heterocycles. The Labute approximate surface area is 207 Å². The molecule has 2 heterocycles. The minimum absolute atomic E-state index is 0.0308. The lowest BCUT2D eigenvalue weighted by atomic mass is 10.1. The molecule has 3 aromatic carbocycles. The van der Waals surface area contributed by atoms with Crippen molar-refractivity contribution in [3.63, 3.8) is 0 Å². The van der Waals surface area contributed by atoms with Gasteiger partial charge in [-0.15, -0.1) is 11.3 Å².